The second-order valence-corrected chi connectivity index (χ2v) is 4.80. The first-order valence-electron chi connectivity index (χ1n) is 6.23. The zero-order valence-electron chi connectivity index (χ0n) is 10.8. The van der Waals surface area contributed by atoms with Crippen molar-refractivity contribution in [3.05, 3.63) is 70.5 Å². The highest BCUT2D eigenvalue weighted by Crippen LogP contribution is 2.15. The van der Waals surface area contributed by atoms with Crippen LogP contribution in [-0.2, 0) is 22.6 Å². The molecule has 0 N–H and O–H groups in total. The van der Waals surface area contributed by atoms with Gasteiger partial charge in [-0.15, -0.1) is 0 Å². The van der Waals surface area contributed by atoms with Crippen molar-refractivity contribution in [3.63, 3.8) is 0 Å². The van der Waals surface area contributed by atoms with Crippen molar-refractivity contribution >= 4 is 17.4 Å². The molecule has 0 bridgehead atoms. The van der Waals surface area contributed by atoms with Crippen LogP contribution >= 0.6 is 11.6 Å². The quantitative estimate of drug-likeness (QED) is 0.809. The molecule has 20 heavy (non-hydrogen) atoms. The molecule has 0 saturated heterocycles. The third-order valence-corrected chi connectivity index (χ3v) is 3.19. The highest BCUT2D eigenvalue weighted by molar-refractivity contribution is 6.31. The van der Waals surface area contributed by atoms with Crippen molar-refractivity contribution in [3.8, 4) is 0 Å². The smallest absolute Gasteiger partial charge is 0.162 e. The summed E-state index contributed by atoms with van der Waals surface area (Å²) >= 11 is 5.98. The van der Waals surface area contributed by atoms with E-state index >= 15 is 0 Å². The lowest BCUT2D eigenvalue weighted by Crippen LogP contribution is -2.12. The molecule has 0 aliphatic carbocycles. The second-order valence-electron chi connectivity index (χ2n) is 4.39. The highest BCUT2D eigenvalue weighted by atomic mass is 35.5. The van der Waals surface area contributed by atoms with Crippen LogP contribution < -0.4 is 0 Å². The van der Waals surface area contributed by atoms with Gasteiger partial charge in [0.1, 0.15) is 12.4 Å². The Morgan fingerprint density at radius 3 is 2.40 bits per heavy atom. The zero-order chi connectivity index (χ0) is 14.4. The molecule has 0 saturated carbocycles. The van der Waals surface area contributed by atoms with Crippen molar-refractivity contribution in [1.29, 1.82) is 0 Å². The minimum absolute atomic E-state index is 0.0369. The maximum absolute atomic E-state index is 13.4. The van der Waals surface area contributed by atoms with E-state index in [1.807, 2.05) is 18.2 Å². The van der Waals surface area contributed by atoms with E-state index in [1.54, 1.807) is 24.3 Å². The number of hydrogen-bond acceptors (Lipinski definition) is 2. The van der Waals surface area contributed by atoms with Crippen LogP contribution in [0.25, 0.3) is 0 Å². The lowest BCUT2D eigenvalue weighted by Gasteiger charge is -2.06. The van der Waals surface area contributed by atoms with Gasteiger partial charge >= 0.3 is 0 Å². The normalized spacial score (nSPS) is 10.5. The summed E-state index contributed by atoms with van der Waals surface area (Å²) in [4.78, 5) is 11.7. The van der Waals surface area contributed by atoms with Gasteiger partial charge in [0.15, 0.2) is 5.78 Å². The molecule has 0 aliphatic rings. The number of benzene rings is 2. The van der Waals surface area contributed by atoms with E-state index in [2.05, 4.69) is 0 Å². The van der Waals surface area contributed by atoms with Crippen LogP contribution in [0.15, 0.2) is 48.5 Å². The van der Waals surface area contributed by atoms with E-state index < -0.39 is 0 Å². The van der Waals surface area contributed by atoms with Crippen LogP contribution in [0.5, 0.6) is 0 Å². The van der Waals surface area contributed by atoms with Gasteiger partial charge in [-0.3, -0.25) is 4.79 Å². The molecular weight excluding hydrogens is 279 g/mol. The van der Waals surface area contributed by atoms with Crippen LogP contribution in [0, 0.1) is 5.82 Å². The Labute approximate surface area is 122 Å². The minimum Gasteiger partial charge on any atom is -0.369 e. The number of rotatable bonds is 6. The molecule has 2 aromatic carbocycles. The first-order valence-corrected chi connectivity index (χ1v) is 6.61. The Hall–Kier alpha value is -1.71. The third kappa shape index (κ3) is 4.15. The maximum atomic E-state index is 13.4. The lowest BCUT2D eigenvalue weighted by atomic mass is 10.1. The van der Waals surface area contributed by atoms with Gasteiger partial charge in [-0.05, 0) is 23.3 Å². The predicted octanol–water partition coefficient (Wildman–Crippen LogP) is 3.81. The van der Waals surface area contributed by atoms with E-state index in [0.717, 1.165) is 5.56 Å². The molecule has 0 unspecified atom stereocenters. The Balaban J connectivity index is 1.82. The van der Waals surface area contributed by atoms with E-state index in [1.165, 1.54) is 6.07 Å². The van der Waals surface area contributed by atoms with Gasteiger partial charge in [0.25, 0.3) is 0 Å². The summed E-state index contributed by atoms with van der Waals surface area (Å²) in [5, 5.41) is 0.606. The van der Waals surface area contributed by atoms with E-state index in [4.69, 9.17) is 16.3 Å². The fourth-order valence-corrected chi connectivity index (χ4v) is 1.99. The monoisotopic (exact) mass is 292 g/mol. The van der Waals surface area contributed by atoms with Gasteiger partial charge in [0.05, 0.1) is 6.61 Å². The summed E-state index contributed by atoms with van der Waals surface area (Å²) in [5.74, 6) is -0.533. The van der Waals surface area contributed by atoms with Gasteiger partial charge in [-0.25, -0.2) is 4.39 Å². The molecule has 2 rings (SSSR count). The van der Waals surface area contributed by atoms with E-state index in [9.17, 15) is 9.18 Å². The van der Waals surface area contributed by atoms with Gasteiger partial charge < -0.3 is 4.74 Å². The van der Waals surface area contributed by atoms with Gasteiger partial charge in [0, 0.05) is 11.4 Å². The minimum atomic E-state index is -0.369. The Morgan fingerprint density at radius 1 is 1.05 bits per heavy atom. The maximum Gasteiger partial charge on any atom is 0.162 e. The van der Waals surface area contributed by atoms with Crippen LogP contribution in [0.1, 0.15) is 11.1 Å². The molecule has 2 aromatic rings. The fraction of sp³-hybridized carbons (Fsp3) is 0.188. The Kier molecular flexibility index (Phi) is 5.27. The lowest BCUT2D eigenvalue weighted by molar-refractivity contribution is -0.123. The Bertz CT molecular complexity index is 599. The molecule has 4 heteroatoms. The predicted molar refractivity (Wildman–Crippen MR) is 76.2 cm³/mol. The molecule has 0 aromatic heterocycles. The van der Waals surface area contributed by atoms with Crippen molar-refractivity contribution in [1.82, 2.24) is 0 Å². The molecule has 0 amide bonds. The standard InChI is InChI=1S/C16H14ClFO2/c17-15-7-3-1-6-13(15)10-20-11-14(19)9-12-5-2-4-8-16(12)18/h1-8H,9-11H2. The number of ketones is 1. The fourth-order valence-electron chi connectivity index (χ4n) is 1.80. The Morgan fingerprint density at radius 2 is 1.70 bits per heavy atom. The molecular formula is C16H14ClFO2. The number of Topliss-reactive ketones (excluding diaryl/α,β-unsaturated/α-hetero) is 1. The zero-order valence-corrected chi connectivity index (χ0v) is 11.6. The molecule has 0 aliphatic heterocycles. The van der Waals surface area contributed by atoms with Gasteiger partial charge in [-0.2, -0.15) is 0 Å². The molecule has 104 valence electrons. The first-order chi connectivity index (χ1) is 9.66. The van der Waals surface area contributed by atoms with Crippen molar-refractivity contribution in [2.75, 3.05) is 6.61 Å². The summed E-state index contributed by atoms with van der Waals surface area (Å²) in [6.07, 6.45) is 0.0369. The number of halogens is 2. The SMILES string of the molecule is O=C(COCc1ccccc1Cl)Cc1ccccc1F. The summed E-state index contributed by atoms with van der Waals surface area (Å²) < 4.78 is 18.7. The average molecular weight is 293 g/mol. The van der Waals surface area contributed by atoms with Crippen LogP contribution in [0.3, 0.4) is 0 Å². The third-order valence-electron chi connectivity index (χ3n) is 2.82. The molecule has 0 atom stereocenters. The number of hydrogen-bond donors (Lipinski definition) is 0. The summed E-state index contributed by atoms with van der Waals surface area (Å²) in [5.41, 5.74) is 1.21. The topological polar surface area (TPSA) is 26.3 Å². The van der Waals surface area contributed by atoms with Gasteiger partial charge in [-0.1, -0.05) is 48.0 Å². The summed E-state index contributed by atoms with van der Waals surface area (Å²) in [7, 11) is 0. The second kappa shape index (κ2) is 7.17. The van der Waals surface area contributed by atoms with Crippen LogP contribution in [0.2, 0.25) is 5.02 Å². The van der Waals surface area contributed by atoms with Crippen molar-refractivity contribution in [2.24, 2.45) is 0 Å². The number of carbonyl (C=O) groups is 1. The largest absolute Gasteiger partial charge is 0.369 e. The summed E-state index contributed by atoms with van der Waals surface area (Å²) in [6, 6.07) is 13.5. The van der Waals surface area contributed by atoms with Crippen LogP contribution in [-0.4, -0.2) is 12.4 Å². The molecule has 0 radical (unpaired) electrons. The van der Waals surface area contributed by atoms with Crippen molar-refractivity contribution in [2.45, 2.75) is 13.0 Å². The number of ether oxygens (including phenoxy) is 1. The average Bonchev–Trinajstić information content (AvgIpc) is 2.43. The van der Waals surface area contributed by atoms with E-state index in [-0.39, 0.29) is 31.2 Å². The van der Waals surface area contributed by atoms with Crippen LogP contribution in [0.4, 0.5) is 4.39 Å². The molecule has 0 fully saturated rings. The highest BCUT2D eigenvalue weighted by Gasteiger charge is 2.08. The molecule has 0 spiro atoms. The first kappa shape index (κ1) is 14.7. The molecule has 2 nitrogen and oxygen atoms in total. The van der Waals surface area contributed by atoms with E-state index in [0.29, 0.717) is 10.6 Å². The van der Waals surface area contributed by atoms with Gasteiger partial charge in [0.2, 0.25) is 0 Å². The summed E-state index contributed by atoms with van der Waals surface area (Å²) in [6.45, 7) is 0.211. The van der Waals surface area contributed by atoms with Crippen molar-refractivity contribution < 1.29 is 13.9 Å². The molecule has 0 heterocycles. The number of carbonyl (C=O) groups excluding carboxylic acids is 1.